The minimum atomic E-state index is 0. The molecule has 0 fully saturated rings. The summed E-state index contributed by atoms with van der Waals surface area (Å²) in [7, 11) is 1.81. The molecule has 6 heteroatoms. The zero-order chi connectivity index (χ0) is 13.9. The number of aryl methyl sites for hydroxylation is 1. The van der Waals surface area contributed by atoms with Gasteiger partial charge in [0.1, 0.15) is 0 Å². The maximum Gasteiger partial charge on any atom is 0.191 e. The molecule has 0 aliphatic carbocycles. The van der Waals surface area contributed by atoms with E-state index in [4.69, 9.17) is 0 Å². The first-order valence-corrected chi connectivity index (χ1v) is 8.77. The number of thioether (sulfide) groups is 2. The molecule has 2 N–H and O–H groups in total. The van der Waals surface area contributed by atoms with Crippen LogP contribution in [0.5, 0.6) is 0 Å². The average molecular weight is 425 g/mol. The first-order chi connectivity index (χ1) is 9.26. The molecule has 114 valence electrons. The minimum absolute atomic E-state index is 0. The molecule has 0 saturated carbocycles. The lowest BCUT2D eigenvalue weighted by Crippen LogP contribution is -2.39. The third kappa shape index (κ3) is 8.97. The van der Waals surface area contributed by atoms with Crippen LogP contribution in [0.4, 0.5) is 0 Å². The molecule has 1 rings (SSSR count). The zero-order valence-corrected chi connectivity index (χ0v) is 16.3. The summed E-state index contributed by atoms with van der Waals surface area (Å²) in [5, 5.41) is 6.60. The Hall–Kier alpha value is -0.0800. The molecule has 0 saturated heterocycles. The Bertz CT molecular complexity index is 383. The van der Waals surface area contributed by atoms with Crippen molar-refractivity contribution in [2.75, 3.05) is 37.9 Å². The van der Waals surface area contributed by atoms with E-state index in [-0.39, 0.29) is 24.0 Å². The van der Waals surface area contributed by atoms with E-state index >= 15 is 0 Å². The lowest BCUT2D eigenvalue weighted by molar-refractivity contribution is 0.864. The normalized spacial score (nSPS) is 10.8. The molecule has 0 amide bonds. The summed E-state index contributed by atoms with van der Waals surface area (Å²) in [6.45, 7) is 3.98. The summed E-state index contributed by atoms with van der Waals surface area (Å²) < 4.78 is 0. The second-order valence-electron chi connectivity index (χ2n) is 4.08. The number of hydrogen-bond acceptors (Lipinski definition) is 3. The van der Waals surface area contributed by atoms with Gasteiger partial charge >= 0.3 is 0 Å². The summed E-state index contributed by atoms with van der Waals surface area (Å²) in [5.74, 6) is 3.02. The van der Waals surface area contributed by atoms with E-state index < -0.39 is 0 Å². The van der Waals surface area contributed by atoms with E-state index in [1.54, 1.807) is 0 Å². The minimum Gasteiger partial charge on any atom is -0.356 e. The molecule has 0 bridgehead atoms. The number of nitrogens with zero attached hydrogens (tertiary/aromatic N) is 1. The van der Waals surface area contributed by atoms with Crippen LogP contribution in [0.3, 0.4) is 0 Å². The van der Waals surface area contributed by atoms with Crippen LogP contribution in [-0.4, -0.2) is 43.9 Å². The van der Waals surface area contributed by atoms with Gasteiger partial charge < -0.3 is 10.6 Å². The van der Waals surface area contributed by atoms with Gasteiger partial charge in [0.05, 0.1) is 0 Å². The van der Waals surface area contributed by atoms with Gasteiger partial charge in [-0.2, -0.15) is 11.8 Å². The highest BCUT2D eigenvalue weighted by molar-refractivity contribution is 14.0. The molecule has 3 nitrogen and oxygen atoms in total. The molecule has 0 atom stereocenters. The Labute approximate surface area is 148 Å². The van der Waals surface area contributed by atoms with Gasteiger partial charge in [-0.05, 0) is 25.3 Å². The van der Waals surface area contributed by atoms with Gasteiger partial charge in [0.15, 0.2) is 5.96 Å². The Morgan fingerprint density at radius 2 is 1.70 bits per heavy atom. The van der Waals surface area contributed by atoms with E-state index in [1.807, 2.05) is 30.6 Å². The predicted molar refractivity (Wildman–Crippen MR) is 105 cm³/mol. The van der Waals surface area contributed by atoms with Crippen LogP contribution >= 0.6 is 47.5 Å². The van der Waals surface area contributed by atoms with Gasteiger partial charge in [0.2, 0.25) is 0 Å². The topological polar surface area (TPSA) is 36.4 Å². The largest absolute Gasteiger partial charge is 0.356 e. The molecular formula is C14H24IN3S2. The van der Waals surface area contributed by atoms with E-state index in [2.05, 4.69) is 53.1 Å². The van der Waals surface area contributed by atoms with Gasteiger partial charge in [-0.1, -0.05) is 17.7 Å². The van der Waals surface area contributed by atoms with Gasteiger partial charge in [-0.3, -0.25) is 4.99 Å². The molecule has 0 heterocycles. The van der Waals surface area contributed by atoms with Crippen LogP contribution < -0.4 is 10.6 Å². The predicted octanol–water partition coefficient (Wildman–Crippen LogP) is 3.23. The fourth-order valence-electron chi connectivity index (χ4n) is 1.46. The van der Waals surface area contributed by atoms with Crippen molar-refractivity contribution in [1.29, 1.82) is 0 Å². The second-order valence-corrected chi connectivity index (χ2v) is 6.23. The van der Waals surface area contributed by atoms with E-state index in [0.717, 1.165) is 30.6 Å². The first-order valence-electron chi connectivity index (χ1n) is 6.39. The summed E-state index contributed by atoms with van der Waals surface area (Å²) in [6, 6.07) is 8.65. The second kappa shape index (κ2) is 12.6. The molecule has 1 aromatic rings. The van der Waals surface area contributed by atoms with Crippen LogP contribution in [0.2, 0.25) is 0 Å². The summed E-state index contributed by atoms with van der Waals surface area (Å²) in [5.41, 5.74) is 1.31. The number of hydrogen-bond donors (Lipinski definition) is 2. The highest BCUT2D eigenvalue weighted by Crippen LogP contribution is 2.17. The fraction of sp³-hybridized carbons (Fsp3) is 0.500. The molecule has 0 aliphatic heterocycles. The molecule has 0 unspecified atom stereocenters. The standard InChI is InChI=1S/C14H23N3S2.HI/c1-12-4-6-13(7-5-12)19-11-9-17-14(15-2)16-8-10-18-3;/h4-7H,8-11H2,1-3H3,(H2,15,16,17);1H. The molecule has 1 aromatic carbocycles. The maximum absolute atomic E-state index is 4.19. The van der Waals surface area contributed by atoms with Crippen molar-refractivity contribution in [3.05, 3.63) is 29.8 Å². The van der Waals surface area contributed by atoms with Gasteiger partial charge in [-0.15, -0.1) is 35.7 Å². The van der Waals surface area contributed by atoms with Crippen molar-refractivity contribution in [1.82, 2.24) is 10.6 Å². The summed E-state index contributed by atoms with van der Waals surface area (Å²) >= 11 is 3.69. The lowest BCUT2D eigenvalue weighted by Gasteiger charge is -2.11. The Morgan fingerprint density at radius 1 is 1.10 bits per heavy atom. The van der Waals surface area contributed by atoms with Gasteiger partial charge in [0.25, 0.3) is 0 Å². The van der Waals surface area contributed by atoms with Crippen LogP contribution in [0, 0.1) is 6.92 Å². The third-order valence-electron chi connectivity index (χ3n) is 2.51. The SMILES string of the molecule is CN=C(NCCSC)NCCSc1ccc(C)cc1.I. The van der Waals surface area contributed by atoms with Gasteiger partial charge in [0, 0.05) is 36.5 Å². The number of nitrogens with one attached hydrogen (secondary N) is 2. The fourth-order valence-corrected chi connectivity index (χ4v) is 2.54. The van der Waals surface area contributed by atoms with Crippen LogP contribution in [0.1, 0.15) is 5.56 Å². The van der Waals surface area contributed by atoms with Crippen molar-refractivity contribution in [2.45, 2.75) is 11.8 Å². The lowest BCUT2D eigenvalue weighted by atomic mass is 10.2. The number of guanidine groups is 1. The molecule has 0 radical (unpaired) electrons. The third-order valence-corrected chi connectivity index (χ3v) is 4.13. The maximum atomic E-state index is 4.19. The van der Waals surface area contributed by atoms with E-state index in [9.17, 15) is 0 Å². The number of aliphatic imine (C=N–C) groups is 1. The van der Waals surface area contributed by atoms with Gasteiger partial charge in [-0.25, -0.2) is 0 Å². The summed E-state index contributed by atoms with van der Waals surface area (Å²) in [6.07, 6.45) is 2.11. The molecule has 20 heavy (non-hydrogen) atoms. The van der Waals surface area contributed by atoms with Crippen molar-refractivity contribution < 1.29 is 0 Å². The Balaban J connectivity index is 0.00000361. The number of halogens is 1. The van der Waals surface area contributed by atoms with Crippen LogP contribution in [-0.2, 0) is 0 Å². The van der Waals surface area contributed by atoms with E-state index in [0.29, 0.717) is 0 Å². The van der Waals surface area contributed by atoms with Crippen LogP contribution in [0.15, 0.2) is 34.2 Å². The highest BCUT2D eigenvalue weighted by atomic mass is 127. The molecule has 0 aromatic heterocycles. The number of rotatable bonds is 7. The monoisotopic (exact) mass is 425 g/mol. The highest BCUT2D eigenvalue weighted by Gasteiger charge is 1.97. The Kier molecular flexibility index (Phi) is 12.6. The first kappa shape index (κ1) is 19.9. The summed E-state index contributed by atoms with van der Waals surface area (Å²) in [4.78, 5) is 5.51. The quantitative estimate of drug-likeness (QED) is 0.231. The van der Waals surface area contributed by atoms with Crippen molar-refractivity contribution in [3.8, 4) is 0 Å². The molecule has 0 aliphatic rings. The Morgan fingerprint density at radius 3 is 2.25 bits per heavy atom. The smallest absolute Gasteiger partial charge is 0.191 e. The number of benzene rings is 1. The average Bonchev–Trinajstić information content (AvgIpc) is 2.43. The van der Waals surface area contributed by atoms with Crippen molar-refractivity contribution >= 4 is 53.5 Å². The molecular weight excluding hydrogens is 401 g/mol. The van der Waals surface area contributed by atoms with Crippen LogP contribution in [0.25, 0.3) is 0 Å². The van der Waals surface area contributed by atoms with Crippen molar-refractivity contribution in [3.63, 3.8) is 0 Å². The molecule has 0 spiro atoms. The zero-order valence-electron chi connectivity index (χ0n) is 12.3. The van der Waals surface area contributed by atoms with E-state index in [1.165, 1.54) is 10.5 Å². The van der Waals surface area contributed by atoms with Crippen molar-refractivity contribution in [2.24, 2.45) is 4.99 Å².